The van der Waals surface area contributed by atoms with E-state index in [-0.39, 0.29) is 17.0 Å². The van der Waals surface area contributed by atoms with Gasteiger partial charge in [0.2, 0.25) is 0 Å². The van der Waals surface area contributed by atoms with E-state index in [1.807, 2.05) is 42.7 Å². The summed E-state index contributed by atoms with van der Waals surface area (Å²) in [6.07, 6.45) is 3.94. The fourth-order valence-electron chi connectivity index (χ4n) is 1.38. The molecule has 0 radical (unpaired) electrons. The highest BCUT2D eigenvalue weighted by atomic mass is 79.9. The minimum Gasteiger partial charge on any atom is -1.00 e. The fraction of sp³-hybridized carbons (Fsp3) is 0.0833. The molecule has 1 heterocycles. The van der Waals surface area contributed by atoms with E-state index in [9.17, 15) is 0 Å². The third-order valence-electron chi connectivity index (χ3n) is 2.03. The Kier molecular flexibility index (Phi) is 4.79. The molecule has 1 aromatic carbocycles. The van der Waals surface area contributed by atoms with Crippen molar-refractivity contribution < 1.29 is 21.5 Å². The van der Waals surface area contributed by atoms with Crippen molar-refractivity contribution in [3.63, 3.8) is 0 Å². The summed E-state index contributed by atoms with van der Waals surface area (Å²) < 4.78 is 2.07. The van der Waals surface area contributed by atoms with E-state index in [4.69, 9.17) is 11.6 Å². The Morgan fingerprint density at radius 3 is 2.40 bits per heavy atom. The molecule has 1 aromatic heterocycles. The van der Waals surface area contributed by atoms with Crippen molar-refractivity contribution in [3.05, 3.63) is 65.4 Å². The Hall–Kier alpha value is -0.860. The van der Waals surface area contributed by atoms with Gasteiger partial charge in [0.25, 0.3) is 0 Å². The Morgan fingerprint density at radius 2 is 1.73 bits per heavy atom. The topological polar surface area (TPSA) is 3.88 Å². The number of benzene rings is 1. The van der Waals surface area contributed by atoms with Crippen LogP contribution in [0.4, 0.5) is 0 Å². The lowest BCUT2D eigenvalue weighted by Gasteiger charge is -1.96. The quantitative estimate of drug-likeness (QED) is 0.666. The zero-order chi connectivity index (χ0) is 9.80. The molecule has 0 unspecified atom stereocenters. The monoisotopic (exact) mass is 283 g/mol. The molecule has 0 aliphatic rings. The Morgan fingerprint density at radius 1 is 1.00 bits per heavy atom. The van der Waals surface area contributed by atoms with E-state index < -0.39 is 0 Å². The van der Waals surface area contributed by atoms with Gasteiger partial charge in [-0.05, 0) is 6.07 Å². The third-order valence-corrected chi connectivity index (χ3v) is 2.25. The van der Waals surface area contributed by atoms with Crippen LogP contribution in [0, 0.1) is 0 Å². The van der Waals surface area contributed by atoms with Gasteiger partial charge in [-0.3, -0.25) is 0 Å². The van der Waals surface area contributed by atoms with Crippen molar-refractivity contribution in [1.82, 2.24) is 0 Å². The average molecular weight is 285 g/mol. The predicted octanol–water partition coefficient (Wildman–Crippen LogP) is -0.320. The van der Waals surface area contributed by atoms with Crippen LogP contribution in [-0.4, -0.2) is 0 Å². The Balaban J connectivity index is 0.00000112. The molecule has 0 aliphatic heterocycles. The second-order valence-corrected chi connectivity index (χ2v) is 3.62. The lowest BCUT2D eigenvalue weighted by atomic mass is 10.2. The van der Waals surface area contributed by atoms with Gasteiger partial charge in [0.15, 0.2) is 18.9 Å². The molecule has 0 atom stereocenters. The first-order valence-electron chi connectivity index (χ1n) is 4.53. The number of hydrogen-bond donors (Lipinski definition) is 0. The molecule has 2 aromatic rings. The SMILES string of the molecule is Clc1ccc[n+](Cc2ccccc2)c1.[Br-]. The summed E-state index contributed by atoms with van der Waals surface area (Å²) in [7, 11) is 0. The standard InChI is InChI=1S/C12H11ClN.BrH/c13-12-7-4-8-14(10-12)9-11-5-2-1-3-6-11;/h1-8,10H,9H2;1H/q+1;/p-1. The molecule has 0 fully saturated rings. The molecule has 0 aliphatic carbocycles. The first-order valence-corrected chi connectivity index (χ1v) is 4.91. The second kappa shape index (κ2) is 5.89. The van der Waals surface area contributed by atoms with Crippen LogP contribution in [-0.2, 0) is 6.54 Å². The van der Waals surface area contributed by atoms with Gasteiger partial charge in [0.05, 0.1) is 0 Å². The van der Waals surface area contributed by atoms with Crippen molar-refractivity contribution in [2.45, 2.75) is 6.54 Å². The van der Waals surface area contributed by atoms with Crippen molar-refractivity contribution in [2.24, 2.45) is 0 Å². The van der Waals surface area contributed by atoms with Crippen molar-refractivity contribution in [3.8, 4) is 0 Å². The summed E-state index contributed by atoms with van der Waals surface area (Å²) in [5.41, 5.74) is 1.28. The summed E-state index contributed by atoms with van der Waals surface area (Å²) >= 11 is 5.89. The summed E-state index contributed by atoms with van der Waals surface area (Å²) in [4.78, 5) is 0. The van der Waals surface area contributed by atoms with Crippen molar-refractivity contribution in [1.29, 1.82) is 0 Å². The van der Waals surface area contributed by atoms with Crippen LogP contribution in [0.5, 0.6) is 0 Å². The number of nitrogens with zero attached hydrogens (tertiary/aromatic N) is 1. The number of halogens is 2. The van der Waals surface area contributed by atoms with Gasteiger partial charge >= 0.3 is 0 Å². The number of rotatable bonds is 2. The summed E-state index contributed by atoms with van der Waals surface area (Å²) in [6, 6.07) is 14.1. The largest absolute Gasteiger partial charge is 1.00 e. The summed E-state index contributed by atoms with van der Waals surface area (Å²) in [6.45, 7) is 0.862. The van der Waals surface area contributed by atoms with Crippen LogP contribution in [0.15, 0.2) is 54.9 Å². The average Bonchev–Trinajstić information content (AvgIpc) is 2.19. The van der Waals surface area contributed by atoms with Gasteiger partial charge in [-0.1, -0.05) is 41.9 Å². The highest BCUT2D eigenvalue weighted by Gasteiger charge is 2.01. The van der Waals surface area contributed by atoms with E-state index >= 15 is 0 Å². The van der Waals surface area contributed by atoms with E-state index in [0.717, 1.165) is 11.6 Å². The summed E-state index contributed by atoms with van der Waals surface area (Å²) in [5, 5.41) is 0.767. The molecular formula is C12H11BrClN. The van der Waals surface area contributed by atoms with E-state index in [1.54, 1.807) is 0 Å². The van der Waals surface area contributed by atoms with Gasteiger partial charge in [-0.25, -0.2) is 0 Å². The number of aromatic nitrogens is 1. The normalized spacial score (nSPS) is 9.40. The van der Waals surface area contributed by atoms with Crippen LogP contribution in [0.1, 0.15) is 5.56 Å². The maximum atomic E-state index is 5.89. The van der Waals surface area contributed by atoms with Crippen LogP contribution in [0.3, 0.4) is 0 Å². The molecule has 0 spiro atoms. The molecule has 15 heavy (non-hydrogen) atoms. The molecule has 0 bridgehead atoms. The van der Waals surface area contributed by atoms with Gasteiger partial charge in [-0.15, -0.1) is 0 Å². The maximum absolute atomic E-state index is 5.89. The van der Waals surface area contributed by atoms with Gasteiger partial charge in [0.1, 0.15) is 5.02 Å². The highest BCUT2D eigenvalue weighted by Crippen LogP contribution is 2.03. The Labute approximate surface area is 105 Å². The molecule has 0 amide bonds. The highest BCUT2D eigenvalue weighted by molar-refractivity contribution is 6.30. The third kappa shape index (κ3) is 3.65. The van der Waals surface area contributed by atoms with Crippen molar-refractivity contribution in [2.75, 3.05) is 0 Å². The first kappa shape index (κ1) is 12.2. The van der Waals surface area contributed by atoms with Crippen LogP contribution < -0.4 is 21.5 Å². The van der Waals surface area contributed by atoms with E-state index in [1.165, 1.54) is 5.56 Å². The lowest BCUT2D eigenvalue weighted by Crippen LogP contribution is -3.00. The smallest absolute Gasteiger partial charge is 0.187 e. The number of pyridine rings is 1. The minimum absolute atomic E-state index is 0. The molecule has 2 rings (SSSR count). The van der Waals surface area contributed by atoms with Crippen molar-refractivity contribution >= 4 is 11.6 Å². The van der Waals surface area contributed by atoms with Crippen LogP contribution in [0.25, 0.3) is 0 Å². The zero-order valence-corrected chi connectivity index (χ0v) is 10.4. The second-order valence-electron chi connectivity index (χ2n) is 3.18. The Bertz CT molecular complexity index is 417. The zero-order valence-electron chi connectivity index (χ0n) is 8.11. The van der Waals surface area contributed by atoms with Gasteiger partial charge in [-0.2, -0.15) is 4.57 Å². The van der Waals surface area contributed by atoms with E-state index in [2.05, 4.69) is 16.7 Å². The predicted molar refractivity (Wildman–Crippen MR) is 57.2 cm³/mol. The molecule has 0 saturated heterocycles. The molecule has 1 nitrogen and oxygen atoms in total. The first-order chi connectivity index (χ1) is 6.84. The number of hydrogen-bond acceptors (Lipinski definition) is 0. The van der Waals surface area contributed by atoms with E-state index in [0.29, 0.717) is 0 Å². The van der Waals surface area contributed by atoms with Gasteiger partial charge in [0, 0.05) is 11.6 Å². The van der Waals surface area contributed by atoms with Crippen LogP contribution in [0.2, 0.25) is 5.02 Å². The fourth-order valence-corrected chi connectivity index (χ4v) is 1.58. The van der Waals surface area contributed by atoms with Crippen LogP contribution >= 0.6 is 11.6 Å². The maximum Gasteiger partial charge on any atom is 0.187 e. The molecule has 78 valence electrons. The summed E-state index contributed by atoms with van der Waals surface area (Å²) in [5.74, 6) is 0. The molecule has 0 N–H and O–H groups in total. The lowest BCUT2D eigenvalue weighted by molar-refractivity contribution is -0.688. The molecular weight excluding hydrogens is 273 g/mol. The molecule has 0 saturated carbocycles. The van der Waals surface area contributed by atoms with Gasteiger partial charge < -0.3 is 17.0 Å². The molecule has 3 heteroatoms. The minimum atomic E-state index is 0.